The molecule has 0 fully saturated rings. The second kappa shape index (κ2) is 13.1. The van der Waals surface area contributed by atoms with Crippen LogP contribution in [0.2, 0.25) is 0 Å². The molecule has 4 aromatic rings. The van der Waals surface area contributed by atoms with E-state index in [1.54, 1.807) is 0 Å². The zero-order chi connectivity index (χ0) is 26.4. The van der Waals surface area contributed by atoms with Crippen LogP contribution in [0.4, 0.5) is 8.78 Å². The standard InChI is InChI=1S/C30H38F2N2OS2/c1-5-9-11-19(7-3)13-21-15-23(36-17-21)25-27(31)28(32)26(30-29(25)33-34-35-30)24-16-22(18-37-24)14-20(8-4)12-10-6-2/h15-20H,5-14H2,1-4H3. The second-order valence-electron chi connectivity index (χ2n) is 10.2. The molecule has 0 saturated carbocycles. The Morgan fingerprint density at radius 2 is 1.30 bits per heavy atom. The highest BCUT2D eigenvalue weighted by molar-refractivity contribution is 7.14. The molecular weight excluding hydrogens is 506 g/mol. The molecule has 3 nitrogen and oxygen atoms in total. The summed E-state index contributed by atoms with van der Waals surface area (Å²) in [5.74, 6) is -0.575. The zero-order valence-electron chi connectivity index (χ0n) is 22.4. The first-order chi connectivity index (χ1) is 18.0. The van der Waals surface area contributed by atoms with Crippen molar-refractivity contribution in [2.75, 3.05) is 0 Å². The molecule has 0 saturated heterocycles. The molecule has 200 valence electrons. The van der Waals surface area contributed by atoms with Crippen molar-refractivity contribution in [3.05, 3.63) is 45.7 Å². The molecule has 0 aliphatic rings. The van der Waals surface area contributed by atoms with Crippen LogP contribution >= 0.6 is 22.7 Å². The van der Waals surface area contributed by atoms with Crippen LogP contribution in [0.25, 0.3) is 32.0 Å². The van der Waals surface area contributed by atoms with Gasteiger partial charge in [0, 0.05) is 15.0 Å². The third-order valence-electron chi connectivity index (χ3n) is 7.52. The number of hydrogen-bond donors (Lipinski definition) is 0. The minimum absolute atomic E-state index is 0.126. The van der Waals surface area contributed by atoms with E-state index < -0.39 is 11.6 Å². The lowest BCUT2D eigenvalue weighted by molar-refractivity contribution is 0.423. The molecule has 2 atom stereocenters. The molecule has 7 heteroatoms. The van der Waals surface area contributed by atoms with Crippen molar-refractivity contribution in [1.82, 2.24) is 10.4 Å². The van der Waals surface area contributed by atoms with Crippen molar-refractivity contribution < 1.29 is 13.3 Å². The van der Waals surface area contributed by atoms with Crippen molar-refractivity contribution in [3.63, 3.8) is 0 Å². The molecular formula is C30H38F2N2OS2. The molecule has 0 radical (unpaired) electrons. The Labute approximate surface area is 227 Å². The van der Waals surface area contributed by atoms with Crippen LogP contribution in [0, 0.1) is 23.5 Å². The highest BCUT2D eigenvalue weighted by atomic mass is 32.1. The number of halogens is 2. The molecule has 0 amide bonds. The molecule has 4 rings (SSSR count). The number of rotatable bonds is 14. The summed E-state index contributed by atoms with van der Waals surface area (Å²) in [6.45, 7) is 8.85. The molecule has 1 aromatic carbocycles. The van der Waals surface area contributed by atoms with E-state index in [0.29, 0.717) is 21.6 Å². The second-order valence-corrected chi connectivity index (χ2v) is 12.0. The summed E-state index contributed by atoms with van der Waals surface area (Å²) in [4.78, 5) is 1.32. The Morgan fingerprint density at radius 3 is 1.81 bits per heavy atom. The smallest absolute Gasteiger partial charge is 0.199 e. The lowest BCUT2D eigenvalue weighted by Gasteiger charge is -2.13. The summed E-state index contributed by atoms with van der Waals surface area (Å²) in [6.07, 6.45) is 11.3. The number of aromatic nitrogens is 2. The first-order valence-corrected chi connectivity index (χ1v) is 15.5. The summed E-state index contributed by atoms with van der Waals surface area (Å²) < 4.78 is 36.8. The SMILES string of the molecule is CCCCC(CC)Cc1csc(-c2c(F)c(F)c(-c3cc(CC(CC)CCCC)cs3)c3onnc23)c1. The van der Waals surface area contributed by atoms with E-state index in [4.69, 9.17) is 4.52 Å². The van der Waals surface area contributed by atoms with Crippen LogP contribution in [0.3, 0.4) is 0 Å². The van der Waals surface area contributed by atoms with Gasteiger partial charge in [-0.1, -0.05) is 79.1 Å². The Balaban J connectivity index is 1.65. The number of fused-ring (bicyclic) bond motifs is 1. The molecule has 0 aliphatic carbocycles. The van der Waals surface area contributed by atoms with Gasteiger partial charge in [-0.25, -0.2) is 8.78 Å². The maximum atomic E-state index is 15.7. The van der Waals surface area contributed by atoms with Crippen molar-refractivity contribution in [2.24, 2.45) is 11.8 Å². The van der Waals surface area contributed by atoms with Crippen molar-refractivity contribution >= 4 is 33.8 Å². The molecule has 3 heterocycles. The largest absolute Gasteiger partial charge is 0.336 e. The van der Waals surface area contributed by atoms with Crippen molar-refractivity contribution in [2.45, 2.75) is 91.9 Å². The van der Waals surface area contributed by atoms with Gasteiger partial charge in [0.2, 0.25) is 0 Å². The quantitative estimate of drug-likeness (QED) is 0.158. The van der Waals surface area contributed by atoms with E-state index in [1.807, 2.05) is 12.1 Å². The van der Waals surface area contributed by atoms with Gasteiger partial charge in [-0.05, 0) is 58.7 Å². The Morgan fingerprint density at radius 1 is 0.784 bits per heavy atom. The summed E-state index contributed by atoms with van der Waals surface area (Å²) in [5.41, 5.74) is 3.09. The van der Waals surface area contributed by atoms with Gasteiger partial charge in [0.05, 0.1) is 11.1 Å². The number of hydrogen-bond acceptors (Lipinski definition) is 5. The number of thiophene rings is 2. The number of nitrogens with zero attached hydrogens (tertiary/aromatic N) is 2. The molecule has 0 spiro atoms. The van der Waals surface area contributed by atoms with E-state index in [0.717, 1.165) is 36.8 Å². The van der Waals surface area contributed by atoms with E-state index in [2.05, 4.69) is 48.8 Å². The fraction of sp³-hybridized carbons (Fsp3) is 0.533. The highest BCUT2D eigenvalue weighted by Gasteiger charge is 2.28. The average molecular weight is 545 g/mol. The normalized spacial score (nSPS) is 13.5. The Kier molecular flexibility index (Phi) is 9.88. The maximum Gasteiger partial charge on any atom is 0.199 e. The van der Waals surface area contributed by atoms with Gasteiger partial charge in [-0.15, -0.1) is 27.8 Å². The Hall–Kier alpha value is -2.12. The van der Waals surface area contributed by atoms with Crippen LogP contribution in [0.1, 0.15) is 90.2 Å². The van der Waals surface area contributed by atoms with Crippen LogP contribution in [-0.2, 0) is 12.8 Å². The van der Waals surface area contributed by atoms with E-state index in [9.17, 15) is 0 Å². The predicted molar refractivity (Wildman–Crippen MR) is 152 cm³/mol. The molecule has 3 aromatic heterocycles. The van der Waals surface area contributed by atoms with Crippen LogP contribution in [-0.4, -0.2) is 10.4 Å². The van der Waals surface area contributed by atoms with Gasteiger partial charge in [-0.2, -0.15) is 0 Å². The first-order valence-electron chi connectivity index (χ1n) is 13.8. The van der Waals surface area contributed by atoms with Crippen molar-refractivity contribution in [3.8, 4) is 20.9 Å². The van der Waals surface area contributed by atoms with Gasteiger partial charge in [0.15, 0.2) is 17.2 Å². The first kappa shape index (κ1) is 27.9. The maximum absolute atomic E-state index is 15.7. The van der Waals surface area contributed by atoms with Gasteiger partial charge < -0.3 is 4.52 Å². The van der Waals surface area contributed by atoms with Crippen LogP contribution in [0.5, 0.6) is 0 Å². The van der Waals surface area contributed by atoms with Crippen molar-refractivity contribution in [1.29, 1.82) is 0 Å². The van der Waals surface area contributed by atoms with Crippen LogP contribution in [0.15, 0.2) is 27.4 Å². The lowest BCUT2D eigenvalue weighted by atomic mass is 9.92. The monoisotopic (exact) mass is 544 g/mol. The number of unbranched alkanes of at least 4 members (excludes halogenated alkanes) is 2. The van der Waals surface area contributed by atoms with Gasteiger partial charge in [-0.3, -0.25) is 0 Å². The number of benzene rings is 1. The fourth-order valence-corrected chi connectivity index (χ4v) is 7.10. The van der Waals surface area contributed by atoms with Crippen LogP contribution < -0.4 is 0 Å². The average Bonchev–Trinajstić information content (AvgIpc) is 3.67. The van der Waals surface area contributed by atoms with E-state index in [1.165, 1.54) is 61.2 Å². The molecule has 0 bridgehead atoms. The van der Waals surface area contributed by atoms with E-state index in [-0.39, 0.29) is 22.2 Å². The topological polar surface area (TPSA) is 38.9 Å². The summed E-state index contributed by atoms with van der Waals surface area (Å²) in [5, 5.41) is 11.9. The molecule has 37 heavy (non-hydrogen) atoms. The predicted octanol–water partition coefficient (Wildman–Crippen LogP) is 10.5. The minimum atomic E-state index is -0.892. The molecule has 0 N–H and O–H groups in total. The van der Waals surface area contributed by atoms with Gasteiger partial charge >= 0.3 is 0 Å². The fourth-order valence-electron chi connectivity index (χ4n) is 5.17. The molecule has 0 aliphatic heterocycles. The minimum Gasteiger partial charge on any atom is -0.336 e. The third-order valence-corrected chi connectivity index (χ3v) is 9.51. The molecule has 2 unspecified atom stereocenters. The zero-order valence-corrected chi connectivity index (χ0v) is 24.0. The lowest BCUT2D eigenvalue weighted by Crippen LogP contribution is -2.02. The Bertz CT molecular complexity index is 1200. The summed E-state index contributed by atoms with van der Waals surface area (Å²) in [7, 11) is 0. The third kappa shape index (κ3) is 6.31. The van der Waals surface area contributed by atoms with E-state index >= 15 is 8.78 Å². The van der Waals surface area contributed by atoms with Gasteiger partial charge in [0.25, 0.3) is 0 Å². The summed E-state index contributed by atoms with van der Waals surface area (Å²) in [6, 6.07) is 3.96. The summed E-state index contributed by atoms with van der Waals surface area (Å²) >= 11 is 2.85. The highest BCUT2D eigenvalue weighted by Crippen LogP contribution is 2.43. The van der Waals surface area contributed by atoms with Gasteiger partial charge in [0.1, 0.15) is 5.52 Å².